The number of aromatic nitrogens is 2. The van der Waals surface area contributed by atoms with Crippen LogP contribution in [0, 0.1) is 5.41 Å². The van der Waals surface area contributed by atoms with E-state index in [9.17, 15) is 0 Å². The third-order valence-corrected chi connectivity index (χ3v) is 5.04. The van der Waals surface area contributed by atoms with E-state index >= 15 is 0 Å². The molecule has 4 rings (SSSR count). The van der Waals surface area contributed by atoms with Crippen LogP contribution >= 0.6 is 0 Å². The van der Waals surface area contributed by atoms with Crippen molar-refractivity contribution < 1.29 is 4.74 Å². The minimum Gasteiger partial charge on any atom is -0.495 e. The van der Waals surface area contributed by atoms with Crippen LogP contribution in [-0.4, -0.2) is 28.8 Å². The maximum atomic E-state index is 8.70. The van der Waals surface area contributed by atoms with Crippen molar-refractivity contribution in [3.63, 3.8) is 0 Å². The standard InChI is InChI=1S/C21H22N6O/c1-28-17-10-14(6-7-16(17)22)19(23)18-20(24)25-11-26-21(18)27-15-8-12-4-2-3-5-13(12)9-15/h2-7,10-11,15,23H,8-9,22H2,1H3,(H3,24,25,26,27). The number of fused-ring (bicyclic) bond motifs is 1. The number of nitrogen functional groups attached to an aromatic ring is 2. The van der Waals surface area contributed by atoms with Crippen molar-refractivity contribution in [3.8, 4) is 5.75 Å². The first kappa shape index (κ1) is 17.8. The molecule has 1 aromatic heterocycles. The summed E-state index contributed by atoms with van der Waals surface area (Å²) in [6.07, 6.45) is 3.23. The lowest BCUT2D eigenvalue weighted by Gasteiger charge is -2.18. The molecule has 3 aromatic rings. The van der Waals surface area contributed by atoms with Crippen molar-refractivity contribution in [2.45, 2.75) is 18.9 Å². The molecular formula is C21H22N6O. The summed E-state index contributed by atoms with van der Waals surface area (Å²) in [6.45, 7) is 0. The lowest BCUT2D eigenvalue weighted by Crippen LogP contribution is -2.23. The van der Waals surface area contributed by atoms with E-state index in [1.165, 1.54) is 17.5 Å². The summed E-state index contributed by atoms with van der Waals surface area (Å²) in [5.41, 5.74) is 16.5. The van der Waals surface area contributed by atoms with Crippen LogP contribution in [0.25, 0.3) is 0 Å². The Morgan fingerprint density at radius 2 is 1.82 bits per heavy atom. The summed E-state index contributed by atoms with van der Waals surface area (Å²) in [5, 5.41) is 12.2. The number of methoxy groups -OCH3 is 1. The molecule has 1 aliphatic carbocycles. The zero-order chi connectivity index (χ0) is 19.7. The maximum absolute atomic E-state index is 8.70. The molecule has 28 heavy (non-hydrogen) atoms. The van der Waals surface area contributed by atoms with Crippen LogP contribution in [-0.2, 0) is 12.8 Å². The molecule has 6 N–H and O–H groups in total. The number of hydrogen-bond acceptors (Lipinski definition) is 7. The molecule has 1 aliphatic rings. The second kappa shape index (κ2) is 7.19. The third kappa shape index (κ3) is 3.22. The Morgan fingerprint density at radius 1 is 1.11 bits per heavy atom. The zero-order valence-corrected chi connectivity index (χ0v) is 15.6. The fraction of sp³-hybridized carbons (Fsp3) is 0.190. The lowest BCUT2D eigenvalue weighted by molar-refractivity contribution is 0.417. The van der Waals surface area contributed by atoms with E-state index in [0.29, 0.717) is 28.4 Å². The molecule has 1 heterocycles. The Kier molecular flexibility index (Phi) is 4.57. The van der Waals surface area contributed by atoms with Crippen LogP contribution < -0.4 is 21.5 Å². The van der Waals surface area contributed by atoms with E-state index in [0.717, 1.165) is 12.8 Å². The van der Waals surface area contributed by atoms with Gasteiger partial charge in [-0.1, -0.05) is 30.3 Å². The molecule has 0 unspecified atom stereocenters. The average Bonchev–Trinajstić information content (AvgIpc) is 3.10. The van der Waals surface area contributed by atoms with E-state index in [2.05, 4.69) is 39.6 Å². The van der Waals surface area contributed by atoms with Crippen molar-refractivity contribution in [3.05, 3.63) is 71.0 Å². The molecular weight excluding hydrogens is 352 g/mol. The molecule has 0 fully saturated rings. The Morgan fingerprint density at radius 3 is 2.50 bits per heavy atom. The van der Waals surface area contributed by atoms with Crippen LogP contribution in [0.2, 0.25) is 0 Å². The highest BCUT2D eigenvalue weighted by atomic mass is 16.5. The normalized spacial score (nSPS) is 13.2. The van der Waals surface area contributed by atoms with Crippen molar-refractivity contribution >= 4 is 23.0 Å². The van der Waals surface area contributed by atoms with Gasteiger partial charge in [0.25, 0.3) is 0 Å². The quantitative estimate of drug-likeness (QED) is 0.402. The molecule has 0 saturated carbocycles. The summed E-state index contributed by atoms with van der Waals surface area (Å²) in [6, 6.07) is 13.8. The van der Waals surface area contributed by atoms with Gasteiger partial charge >= 0.3 is 0 Å². The summed E-state index contributed by atoms with van der Waals surface area (Å²) < 4.78 is 5.28. The van der Waals surface area contributed by atoms with Crippen LogP contribution in [0.1, 0.15) is 22.3 Å². The summed E-state index contributed by atoms with van der Waals surface area (Å²) in [7, 11) is 1.55. The number of rotatable bonds is 5. The van der Waals surface area contributed by atoms with Gasteiger partial charge in [-0.25, -0.2) is 9.97 Å². The lowest BCUT2D eigenvalue weighted by atomic mass is 10.0. The Hall–Kier alpha value is -3.61. The molecule has 7 heteroatoms. The highest BCUT2D eigenvalue weighted by Gasteiger charge is 2.24. The second-order valence-corrected chi connectivity index (χ2v) is 6.83. The molecule has 0 atom stereocenters. The fourth-order valence-corrected chi connectivity index (χ4v) is 3.62. The van der Waals surface area contributed by atoms with Crippen LogP contribution in [0.15, 0.2) is 48.8 Å². The van der Waals surface area contributed by atoms with Crippen molar-refractivity contribution in [1.82, 2.24) is 9.97 Å². The van der Waals surface area contributed by atoms with Gasteiger partial charge in [-0.15, -0.1) is 0 Å². The monoisotopic (exact) mass is 374 g/mol. The highest BCUT2D eigenvalue weighted by Crippen LogP contribution is 2.29. The van der Waals surface area contributed by atoms with E-state index in [1.807, 2.05) is 0 Å². The van der Waals surface area contributed by atoms with Crippen LogP contribution in [0.3, 0.4) is 0 Å². The van der Waals surface area contributed by atoms with Crippen LogP contribution in [0.4, 0.5) is 17.3 Å². The first-order chi connectivity index (χ1) is 13.6. The van der Waals surface area contributed by atoms with E-state index in [-0.39, 0.29) is 17.6 Å². The van der Waals surface area contributed by atoms with E-state index in [1.54, 1.807) is 25.3 Å². The topological polar surface area (TPSA) is 123 Å². The molecule has 0 spiro atoms. The van der Waals surface area contributed by atoms with Gasteiger partial charge in [0.2, 0.25) is 0 Å². The van der Waals surface area contributed by atoms with Gasteiger partial charge in [0.15, 0.2) is 0 Å². The van der Waals surface area contributed by atoms with Gasteiger partial charge < -0.3 is 21.5 Å². The second-order valence-electron chi connectivity index (χ2n) is 6.83. The van der Waals surface area contributed by atoms with Gasteiger partial charge in [0.1, 0.15) is 23.7 Å². The number of ether oxygens (including phenoxy) is 1. The molecule has 0 bridgehead atoms. The molecule has 0 aliphatic heterocycles. The first-order valence-electron chi connectivity index (χ1n) is 9.03. The summed E-state index contributed by atoms with van der Waals surface area (Å²) >= 11 is 0. The third-order valence-electron chi connectivity index (χ3n) is 5.04. The summed E-state index contributed by atoms with van der Waals surface area (Å²) in [4.78, 5) is 8.46. The zero-order valence-electron chi connectivity index (χ0n) is 15.6. The van der Waals surface area contributed by atoms with Gasteiger partial charge in [0.05, 0.1) is 24.1 Å². The smallest absolute Gasteiger partial charge is 0.142 e. The number of hydrogen-bond donors (Lipinski definition) is 4. The maximum Gasteiger partial charge on any atom is 0.142 e. The number of benzene rings is 2. The molecule has 2 aromatic carbocycles. The first-order valence-corrected chi connectivity index (χ1v) is 9.03. The fourth-order valence-electron chi connectivity index (χ4n) is 3.62. The van der Waals surface area contributed by atoms with Gasteiger partial charge in [-0.05, 0) is 36.1 Å². The van der Waals surface area contributed by atoms with Crippen LogP contribution in [0.5, 0.6) is 5.75 Å². The molecule has 0 radical (unpaired) electrons. The minimum atomic E-state index is 0.194. The van der Waals surface area contributed by atoms with E-state index < -0.39 is 0 Å². The van der Waals surface area contributed by atoms with Gasteiger partial charge in [0, 0.05) is 11.6 Å². The SMILES string of the molecule is COc1cc(C(=N)c2c(N)ncnc2NC2Cc3ccccc3C2)ccc1N. The predicted octanol–water partition coefficient (Wildman–Crippen LogP) is 2.65. The van der Waals surface area contributed by atoms with Crippen molar-refractivity contribution in [2.24, 2.45) is 0 Å². The van der Waals surface area contributed by atoms with Crippen molar-refractivity contribution in [2.75, 3.05) is 23.9 Å². The van der Waals surface area contributed by atoms with Gasteiger partial charge in [-0.3, -0.25) is 5.41 Å². The number of nitrogens with zero attached hydrogens (tertiary/aromatic N) is 2. The summed E-state index contributed by atoms with van der Waals surface area (Å²) in [5.74, 6) is 1.33. The van der Waals surface area contributed by atoms with Gasteiger partial charge in [-0.2, -0.15) is 0 Å². The Labute approximate surface area is 163 Å². The van der Waals surface area contributed by atoms with Crippen molar-refractivity contribution in [1.29, 1.82) is 5.41 Å². The minimum absolute atomic E-state index is 0.194. The highest BCUT2D eigenvalue weighted by molar-refractivity contribution is 6.16. The molecule has 7 nitrogen and oxygen atoms in total. The number of anilines is 3. The Bertz CT molecular complexity index is 1020. The molecule has 142 valence electrons. The average molecular weight is 374 g/mol. The largest absolute Gasteiger partial charge is 0.495 e. The molecule has 0 saturated heterocycles. The number of nitrogens with two attached hydrogens (primary N) is 2. The number of nitrogens with one attached hydrogen (secondary N) is 2. The Balaban J connectivity index is 1.64. The van der Waals surface area contributed by atoms with E-state index in [4.69, 9.17) is 21.6 Å². The predicted molar refractivity (Wildman–Crippen MR) is 111 cm³/mol. The molecule has 0 amide bonds.